The summed E-state index contributed by atoms with van der Waals surface area (Å²) in [5, 5.41) is 4.00. The van der Waals surface area contributed by atoms with Crippen LogP contribution in [0.25, 0.3) is 22.3 Å². The van der Waals surface area contributed by atoms with Crippen molar-refractivity contribution in [2.45, 2.75) is 46.1 Å². The summed E-state index contributed by atoms with van der Waals surface area (Å²) >= 11 is 0. The van der Waals surface area contributed by atoms with Crippen molar-refractivity contribution in [1.29, 1.82) is 0 Å². The molecule has 6 heteroatoms. The maximum Gasteiger partial charge on any atom is 0.327 e. The number of H-pyrrole nitrogens is 1. The summed E-state index contributed by atoms with van der Waals surface area (Å²) in [5.41, 5.74) is 4.16. The van der Waals surface area contributed by atoms with E-state index in [9.17, 15) is 4.79 Å². The molecule has 1 N–H and O–H groups in total. The molecule has 0 aromatic carbocycles. The first-order valence-electron chi connectivity index (χ1n) is 8.15. The molecular weight excluding hydrogens is 292 g/mol. The van der Waals surface area contributed by atoms with Crippen LogP contribution in [0.3, 0.4) is 0 Å². The maximum atomic E-state index is 12.3. The van der Waals surface area contributed by atoms with Crippen LogP contribution in [-0.2, 0) is 6.54 Å². The number of nitrogens with zero attached hydrogens (tertiary/aromatic N) is 3. The minimum absolute atomic E-state index is 0.0738. The monoisotopic (exact) mass is 312 g/mol. The molecule has 3 aromatic heterocycles. The SMILES string of the molecule is Cc1noc(C)c1-c1cnc2[nH]c(=O)n(CC3CCCC3)c2c1. The first-order chi connectivity index (χ1) is 11.1. The molecule has 0 atom stereocenters. The van der Waals surface area contributed by atoms with Crippen LogP contribution in [0.1, 0.15) is 37.1 Å². The van der Waals surface area contributed by atoms with Crippen LogP contribution in [-0.4, -0.2) is 19.7 Å². The maximum absolute atomic E-state index is 12.3. The molecule has 0 unspecified atom stereocenters. The van der Waals surface area contributed by atoms with Gasteiger partial charge in [0, 0.05) is 23.9 Å². The fourth-order valence-electron chi connectivity index (χ4n) is 3.70. The lowest BCUT2D eigenvalue weighted by atomic mass is 10.1. The van der Waals surface area contributed by atoms with Crippen LogP contribution in [0, 0.1) is 19.8 Å². The Hall–Kier alpha value is -2.37. The second-order valence-corrected chi connectivity index (χ2v) is 6.48. The number of aryl methyl sites for hydroxylation is 2. The molecule has 0 spiro atoms. The third-order valence-electron chi connectivity index (χ3n) is 4.87. The number of nitrogens with one attached hydrogen (secondary N) is 1. The predicted octanol–water partition coefficient (Wildman–Crippen LogP) is 3.19. The first kappa shape index (κ1) is 14.2. The molecule has 1 fully saturated rings. The third kappa shape index (κ3) is 2.38. The highest BCUT2D eigenvalue weighted by Crippen LogP contribution is 2.29. The van der Waals surface area contributed by atoms with E-state index in [4.69, 9.17) is 4.52 Å². The van der Waals surface area contributed by atoms with E-state index in [1.807, 2.05) is 24.5 Å². The van der Waals surface area contributed by atoms with Gasteiger partial charge in [-0.05, 0) is 38.7 Å². The standard InChI is InChI=1S/C17H20N4O2/c1-10-15(11(2)23-20-10)13-7-14-16(18-8-13)19-17(22)21(14)9-12-5-3-4-6-12/h7-8,12H,3-6,9H2,1-2H3,(H,18,19,22). The van der Waals surface area contributed by atoms with Crippen LogP contribution < -0.4 is 5.69 Å². The van der Waals surface area contributed by atoms with Gasteiger partial charge in [-0.3, -0.25) is 9.55 Å². The largest absolute Gasteiger partial charge is 0.361 e. The molecular formula is C17H20N4O2. The molecule has 1 aliphatic rings. The minimum atomic E-state index is -0.0738. The van der Waals surface area contributed by atoms with Crippen LogP contribution in [0.15, 0.2) is 21.6 Å². The summed E-state index contributed by atoms with van der Waals surface area (Å²) in [7, 11) is 0. The Balaban J connectivity index is 1.82. The van der Waals surface area contributed by atoms with Crippen molar-refractivity contribution in [3.05, 3.63) is 34.2 Å². The molecule has 4 rings (SSSR count). The summed E-state index contributed by atoms with van der Waals surface area (Å²) in [4.78, 5) is 19.6. The van der Waals surface area contributed by atoms with E-state index >= 15 is 0 Å². The van der Waals surface area contributed by atoms with Crippen molar-refractivity contribution in [3.63, 3.8) is 0 Å². The molecule has 120 valence electrons. The van der Waals surface area contributed by atoms with Gasteiger partial charge in [-0.2, -0.15) is 0 Å². The van der Waals surface area contributed by atoms with Crippen LogP contribution in [0.4, 0.5) is 0 Å². The van der Waals surface area contributed by atoms with E-state index in [1.54, 1.807) is 6.20 Å². The van der Waals surface area contributed by atoms with Gasteiger partial charge in [-0.1, -0.05) is 18.0 Å². The van der Waals surface area contributed by atoms with E-state index in [0.717, 1.165) is 34.6 Å². The Morgan fingerprint density at radius 2 is 2.13 bits per heavy atom. The van der Waals surface area contributed by atoms with Crippen LogP contribution in [0.5, 0.6) is 0 Å². The van der Waals surface area contributed by atoms with E-state index in [1.165, 1.54) is 25.7 Å². The van der Waals surface area contributed by atoms with Gasteiger partial charge in [0.2, 0.25) is 0 Å². The summed E-state index contributed by atoms with van der Waals surface area (Å²) in [5.74, 6) is 1.36. The molecule has 0 amide bonds. The smallest absolute Gasteiger partial charge is 0.327 e. The Labute approximate surface area is 133 Å². The highest BCUT2D eigenvalue weighted by molar-refractivity contribution is 5.79. The number of imidazole rings is 1. The van der Waals surface area contributed by atoms with Gasteiger partial charge in [-0.15, -0.1) is 0 Å². The highest BCUT2D eigenvalue weighted by Gasteiger charge is 2.19. The topological polar surface area (TPSA) is 76.7 Å². The predicted molar refractivity (Wildman–Crippen MR) is 87.3 cm³/mol. The third-order valence-corrected chi connectivity index (χ3v) is 4.87. The lowest BCUT2D eigenvalue weighted by Gasteiger charge is -2.10. The minimum Gasteiger partial charge on any atom is -0.361 e. The Kier molecular flexibility index (Phi) is 3.32. The number of aromatic amines is 1. The van der Waals surface area contributed by atoms with Gasteiger partial charge in [-0.25, -0.2) is 9.78 Å². The molecule has 3 heterocycles. The Morgan fingerprint density at radius 1 is 1.35 bits per heavy atom. The zero-order valence-corrected chi connectivity index (χ0v) is 13.4. The number of hydrogen-bond acceptors (Lipinski definition) is 4. The van der Waals surface area contributed by atoms with Crippen LogP contribution in [0.2, 0.25) is 0 Å². The number of rotatable bonds is 3. The molecule has 0 radical (unpaired) electrons. The quantitative estimate of drug-likeness (QED) is 0.805. The zero-order chi connectivity index (χ0) is 16.0. The van der Waals surface area contributed by atoms with E-state index in [2.05, 4.69) is 15.1 Å². The highest BCUT2D eigenvalue weighted by atomic mass is 16.5. The number of hydrogen-bond donors (Lipinski definition) is 1. The van der Waals surface area contributed by atoms with E-state index < -0.39 is 0 Å². The molecule has 3 aromatic rings. The van der Waals surface area contributed by atoms with Gasteiger partial charge in [0.05, 0.1) is 11.2 Å². The van der Waals surface area contributed by atoms with Gasteiger partial charge in [0.25, 0.3) is 0 Å². The van der Waals surface area contributed by atoms with Crippen molar-refractivity contribution in [1.82, 2.24) is 19.7 Å². The van der Waals surface area contributed by atoms with Crippen molar-refractivity contribution in [2.75, 3.05) is 0 Å². The van der Waals surface area contributed by atoms with E-state index in [-0.39, 0.29) is 5.69 Å². The van der Waals surface area contributed by atoms with Gasteiger partial charge >= 0.3 is 5.69 Å². The summed E-state index contributed by atoms with van der Waals surface area (Å²) in [6.45, 7) is 4.58. The van der Waals surface area contributed by atoms with Crippen molar-refractivity contribution >= 4 is 11.2 Å². The van der Waals surface area contributed by atoms with Crippen molar-refractivity contribution < 1.29 is 4.52 Å². The molecule has 1 aliphatic carbocycles. The molecule has 0 aliphatic heterocycles. The normalized spacial score (nSPS) is 15.7. The summed E-state index contributed by atoms with van der Waals surface area (Å²) in [6.07, 6.45) is 6.71. The Bertz CT molecular complexity index is 893. The van der Waals surface area contributed by atoms with E-state index in [0.29, 0.717) is 11.6 Å². The van der Waals surface area contributed by atoms with Gasteiger partial charge in [0.1, 0.15) is 5.76 Å². The zero-order valence-electron chi connectivity index (χ0n) is 13.4. The lowest BCUT2D eigenvalue weighted by molar-refractivity contribution is 0.393. The fraction of sp³-hybridized carbons (Fsp3) is 0.471. The summed E-state index contributed by atoms with van der Waals surface area (Å²) < 4.78 is 7.08. The average Bonchev–Trinajstić information content (AvgIpc) is 3.22. The number of aromatic nitrogens is 4. The molecule has 0 bridgehead atoms. The average molecular weight is 312 g/mol. The Morgan fingerprint density at radius 3 is 2.83 bits per heavy atom. The number of fused-ring (bicyclic) bond motifs is 1. The molecule has 6 nitrogen and oxygen atoms in total. The molecule has 23 heavy (non-hydrogen) atoms. The van der Waals surface area contributed by atoms with Crippen molar-refractivity contribution in [2.24, 2.45) is 5.92 Å². The number of pyridine rings is 1. The molecule has 0 saturated heterocycles. The van der Waals surface area contributed by atoms with Crippen molar-refractivity contribution in [3.8, 4) is 11.1 Å². The van der Waals surface area contributed by atoms with Gasteiger partial charge in [0.15, 0.2) is 5.65 Å². The fourth-order valence-corrected chi connectivity index (χ4v) is 3.70. The van der Waals surface area contributed by atoms with Crippen LogP contribution >= 0.6 is 0 Å². The second-order valence-electron chi connectivity index (χ2n) is 6.48. The van der Waals surface area contributed by atoms with Gasteiger partial charge < -0.3 is 4.52 Å². The lowest BCUT2D eigenvalue weighted by Crippen LogP contribution is -2.20. The summed E-state index contributed by atoms with van der Waals surface area (Å²) in [6, 6.07) is 2.02. The molecule has 1 saturated carbocycles. The second kappa shape index (κ2) is 5.37. The first-order valence-corrected chi connectivity index (χ1v) is 8.15.